The maximum absolute atomic E-state index is 5.83. The summed E-state index contributed by atoms with van der Waals surface area (Å²) >= 11 is 0. The van der Waals surface area contributed by atoms with E-state index in [-0.39, 0.29) is 0 Å². The van der Waals surface area contributed by atoms with Crippen molar-refractivity contribution in [3.8, 4) is 5.88 Å². The van der Waals surface area contributed by atoms with Crippen molar-refractivity contribution in [3.63, 3.8) is 0 Å². The molecule has 0 aliphatic carbocycles. The largest absolute Gasteiger partial charge is 0.474 e. The van der Waals surface area contributed by atoms with Crippen LogP contribution >= 0.6 is 0 Å². The second kappa shape index (κ2) is 9.15. The predicted molar refractivity (Wildman–Crippen MR) is 102 cm³/mol. The number of ether oxygens (including phenoxy) is 2. The molecule has 2 aromatic heterocycles. The number of aryl methyl sites for hydroxylation is 1. The van der Waals surface area contributed by atoms with Crippen LogP contribution in [0.2, 0.25) is 0 Å². The van der Waals surface area contributed by atoms with Gasteiger partial charge in [0.1, 0.15) is 6.61 Å². The summed E-state index contributed by atoms with van der Waals surface area (Å²) in [5.41, 5.74) is 2.38. The summed E-state index contributed by atoms with van der Waals surface area (Å²) in [6.07, 6.45) is 3.98. The number of benzene rings is 1. The fraction of sp³-hybridized carbons (Fsp3) is 0.421. The van der Waals surface area contributed by atoms with E-state index in [9.17, 15) is 0 Å². The zero-order chi connectivity index (χ0) is 18.2. The van der Waals surface area contributed by atoms with Gasteiger partial charge < -0.3 is 19.4 Å². The minimum absolute atomic E-state index is 0.423. The number of hydrogen-bond donors (Lipinski definition) is 1. The molecule has 0 bridgehead atoms. The molecular formula is C19H25N5O2. The van der Waals surface area contributed by atoms with Crippen LogP contribution in [0.15, 0.2) is 36.7 Å². The molecule has 26 heavy (non-hydrogen) atoms. The number of para-hydroxylation sites is 1. The number of nitrogens with zero attached hydrogens (tertiary/aromatic N) is 4. The molecule has 0 atom stereocenters. The number of fused-ring (bicyclic) bond motifs is 1. The van der Waals surface area contributed by atoms with Gasteiger partial charge in [-0.2, -0.15) is 9.97 Å². The Bertz CT molecular complexity index is 819. The Hall–Kier alpha value is -2.67. The van der Waals surface area contributed by atoms with Crippen molar-refractivity contribution in [2.75, 3.05) is 25.1 Å². The predicted octanol–water partition coefficient (Wildman–Crippen LogP) is 3.79. The summed E-state index contributed by atoms with van der Waals surface area (Å²) in [7, 11) is 0. The first-order chi connectivity index (χ1) is 12.8. The molecule has 0 saturated heterocycles. The van der Waals surface area contributed by atoms with E-state index in [0.29, 0.717) is 37.2 Å². The van der Waals surface area contributed by atoms with E-state index in [0.717, 1.165) is 30.7 Å². The van der Waals surface area contributed by atoms with Crippen molar-refractivity contribution in [1.29, 1.82) is 0 Å². The van der Waals surface area contributed by atoms with Crippen molar-refractivity contribution in [1.82, 2.24) is 19.5 Å². The average Bonchev–Trinajstić information content (AvgIpc) is 3.07. The number of nitrogens with one attached hydrogen (secondary N) is 1. The summed E-state index contributed by atoms with van der Waals surface area (Å²) in [5, 5.41) is 3.24. The Morgan fingerprint density at radius 3 is 2.69 bits per heavy atom. The minimum Gasteiger partial charge on any atom is -0.474 e. The second-order valence-corrected chi connectivity index (χ2v) is 5.85. The van der Waals surface area contributed by atoms with Gasteiger partial charge in [-0.15, -0.1) is 0 Å². The highest BCUT2D eigenvalue weighted by atomic mass is 16.5. The van der Waals surface area contributed by atoms with Gasteiger partial charge in [0, 0.05) is 18.8 Å². The van der Waals surface area contributed by atoms with Crippen LogP contribution in [-0.2, 0) is 11.3 Å². The maximum Gasteiger partial charge on any atom is 0.247 e. The molecule has 3 rings (SSSR count). The smallest absolute Gasteiger partial charge is 0.247 e. The molecule has 0 amide bonds. The van der Waals surface area contributed by atoms with Crippen LogP contribution in [0.4, 0.5) is 11.6 Å². The molecule has 0 aliphatic rings. The zero-order valence-corrected chi connectivity index (χ0v) is 15.3. The topological polar surface area (TPSA) is 74.1 Å². The number of hydrogen-bond acceptors (Lipinski definition) is 6. The summed E-state index contributed by atoms with van der Waals surface area (Å²) in [6.45, 7) is 6.59. The van der Waals surface area contributed by atoms with Gasteiger partial charge in [-0.3, -0.25) is 0 Å². The van der Waals surface area contributed by atoms with Crippen LogP contribution in [-0.4, -0.2) is 39.3 Å². The number of imidazole rings is 1. The van der Waals surface area contributed by atoms with Gasteiger partial charge in [0.2, 0.25) is 11.8 Å². The summed E-state index contributed by atoms with van der Waals surface area (Å²) < 4.78 is 13.2. The fourth-order valence-electron chi connectivity index (χ4n) is 2.56. The normalized spacial score (nSPS) is 11.0. The van der Waals surface area contributed by atoms with E-state index in [1.54, 1.807) is 6.33 Å². The number of unbranched alkanes of at least 4 members (excludes halogenated alkanes) is 1. The van der Waals surface area contributed by atoms with E-state index in [1.807, 2.05) is 41.8 Å². The van der Waals surface area contributed by atoms with Crippen LogP contribution in [0.3, 0.4) is 0 Å². The standard InChI is InChI=1S/C19H25N5O2/c1-3-5-11-24-14-20-16-17(24)22-19(21-15-9-7-6-8-10-15)23-18(16)26-13-12-25-4-2/h6-10,14H,3-5,11-13H2,1-2H3,(H,21,22,23). The number of rotatable bonds is 10. The lowest BCUT2D eigenvalue weighted by Gasteiger charge is -2.10. The van der Waals surface area contributed by atoms with Crippen molar-refractivity contribution in [2.24, 2.45) is 0 Å². The highest BCUT2D eigenvalue weighted by molar-refractivity contribution is 5.78. The second-order valence-electron chi connectivity index (χ2n) is 5.85. The van der Waals surface area contributed by atoms with Crippen LogP contribution in [0, 0.1) is 0 Å². The lowest BCUT2D eigenvalue weighted by atomic mass is 10.3. The monoisotopic (exact) mass is 355 g/mol. The van der Waals surface area contributed by atoms with Gasteiger partial charge in [-0.25, -0.2) is 4.98 Å². The molecule has 0 fully saturated rings. The molecule has 1 aromatic carbocycles. The first kappa shape index (κ1) is 18.1. The molecule has 7 heteroatoms. The van der Waals surface area contributed by atoms with E-state index >= 15 is 0 Å². The Labute approximate surface area is 153 Å². The molecule has 7 nitrogen and oxygen atoms in total. The number of anilines is 2. The number of aromatic nitrogens is 4. The van der Waals surface area contributed by atoms with E-state index in [1.165, 1.54) is 0 Å². The fourth-order valence-corrected chi connectivity index (χ4v) is 2.56. The van der Waals surface area contributed by atoms with E-state index in [4.69, 9.17) is 9.47 Å². The highest BCUT2D eigenvalue weighted by Crippen LogP contribution is 2.24. The van der Waals surface area contributed by atoms with Gasteiger partial charge in [0.05, 0.1) is 12.9 Å². The van der Waals surface area contributed by atoms with Crippen molar-refractivity contribution in [3.05, 3.63) is 36.7 Å². The first-order valence-electron chi connectivity index (χ1n) is 9.07. The quantitative estimate of drug-likeness (QED) is 0.558. The van der Waals surface area contributed by atoms with Crippen LogP contribution < -0.4 is 10.1 Å². The van der Waals surface area contributed by atoms with E-state index < -0.39 is 0 Å². The average molecular weight is 355 g/mol. The minimum atomic E-state index is 0.423. The maximum atomic E-state index is 5.83. The van der Waals surface area contributed by atoms with Crippen LogP contribution in [0.25, 0.3) is 11.2 Å². The van der Waals surface area contributed by atoms with Crippen LogP contribution in [0.1, 0.15) is 26.7 Å². The summed E-state index contributed by atoms with van der Waals surface area (Å²) in [5.74, 6) is 0.969. The molecule has 0 spiro atoms. The first-order valence-corrected chi connectivity index (χ1v) is 9.07. The van der Waals surface area contributed by atoms with Crippen molar-refractivity contribution < 1.29 is 9.47 Å². The Balaban J connectivity index is 1.90. The van der Waals surface area contributed by atoms with Gasteiger partial charge >= 0.3 is 0 Å². The Morgan fingerprint density at radius 2 is 1.92 bits per heavy atom. The third kappa shape index (κ3) is 4.49. The zero-order valence-electron chi connectivity index (χ0n) is 15.3. The molecular weight excluding hydrogens is 330 g/mol. The highest BCUT2D eigenvalue weighted by Gasteiger charge is 2.14. The van der Waals surface area contributed by atoms with E-state index in [2.05, 4.69) is 27.2 Å². The molecule has 2 heterocycles. The molecule has 0 saturated carbocycles. The molecule has 0 unspecified atom stereocenters. The molecule has 0 aliphatic heterocycles. The lowest BCUT2D eigenvalue weighted by molar-refractivity contribution is 0.109. The molecule has 3 aromatic rings. The SMILES string of the molecule is CCCCn1cnc2c(OCCOCC)nc(Nc3ccccc3)nc21. The molecule has 138 valence electrons. The third-order valence-electron chi connectivity index (χ3n) is 3.88. The van der Waals surface area contributed by atoms with Crippen LogP contribution in [0.5, 0.6) is 5.88 Å². The van der Waals surface area contributed by atoms with Gasteiger partial charge in [0.25, 0.3) is 0 Å². The summed E-state index contributed by atoms with van der Waals surface area (Å²) in [6, 6.07) is 9.84. The third-order valence-corrected chi connectivity index (χ3v) is 3.88. The van der Waals surface area contributed by atoms with Gasteiger partial charge in [-0.1, -0.05) is 31.5 Å². The Morgan fingerprint density at radius 1 is 1.08 bits per heavy atom. The molecule has 1 N–H and O–H groups in total. The van der Waals surface area contributed by atoms with Crippen molar-refractivity contribution >= 4 is 22.8 Å². The summed E-state index contributed by atoms with van der Waals surface area (Å²) in [4.78, 5) is 13.6. The lowest BCUT2D eigenvalue weighted by Crippen LogP contribution is -2.09. The van der Waals surface area contributed by atoms with Gasteiger partial charge in [-0.05, 0) is 25.5 Å². The molecule has 0 radical (unpaired) electrons. The van der Waals surface area contributed by atoms with Gasteiger partial charge in [0.15, 0.2) is 11.2 Å². The van der Waals surface area contributed by atoms with Crippen molar-refractivity contribution in [2.45, 2.75) is 33.2 Å². The Kier molecular flexibility index (Phi) is 6.38.